The van der Waals surface area contributed by atoms with Crippen LogP contribution in [0.4, 0.5) is 11.5 Å². The molecule has 0 aliphatic heterocycles. The van der Waals surface area contributed by atoms with E-state index in [0.29, 0.717) is 23.0 Å². The summed E-state index contributed by atoms with van der Waals surface area (Å²) in [5, 5.41) is 7.54. The Morgan fingerprint density at radius 2 is 2.00 bits per heavy atom. The number of nitrogens with one attached hydrogen (secondary N) is 1. The Labute approximate surface area is 187 Å². The van der Waals surface area contributed by atoms with Gasteiger partial charge in [-0.3, -0.25) is 9.48 Å². The van der Waals surface area contributed by atoms with Crippen LogP contribution in [0.25, 0.3) is 11.1 Å². The summed E-state index contributed by atoms with van der Waals surface area (Å²) in [6.45, 7) is 1.84. The summed E-state index contributed by atoms with van der Waals surface area (Å²) >= 11 is 0. The number of hydrogen-bond acceptors (Lipinski definition) is 6. The van der Waals surface area contributed by atoms with Gasteiger partial charge in [-0.2, -0.15) is 10.1 Å². The molecule has 1 aromatic carbocycles. The van der Waals surface area contributed by atoms with Crippen LogP contribution in [0.2, 0.25) is 0 Å². The molecule has 0 bridgehead atoms. The van der Waals surface area contributed by atoms with Gasteiger partial charge in [-0.05, 0) is 56.4 Å². The average molecular weight is 436 g/mol. The van der Waals surface area contributed by atoms with Crippen LogP contribution in [0, 0.1) is 6.92 Å². The summed E-state index contributed by atoms with van der Waals surface area (Å²) in [5.74, 6) is 1.06. The molecule has 0 atom stereocenters. The Morgan fingerprint density at radius 1 is 1.22 bits per heavy atom. The van der Waals surface area contributed by atoms with Crippen LogP contribution in [0.1, 0.15) is 48.0 Å². The van der Waals surface area contributed by atoms with E-state index in [1.807, 2.05) is 38.4 Å². The van der Waals surface area contributed by atoms with Crippen LogP contribution >= 0.6 is 0 Å². The van der Waals surface area contributed by atoms with E-state index in [1.165, 1.54) is 6.42 Å². The number of methoxy groups -OCH3 is 1. The molecule has 3 N–H and O–H groups in total. The number of carbonyl (C=O) groups is 1. The van der Waals surface area contributed by atoms with Gasteiger partial charge in [0.2, 0.25) is 5.88 Å². The maximum Gasteiger partial charge on any atom is 0.254 e. The van der Waals surface area contributed by atoms with Crippen molar-refractivity contribution in [3.63, 3.8) is 0 Å². The third-order valence-electron chi connectivity index (χ3n) is 5.75. The molecule has 1 aliphatic carbocycles. The van der Waals surface area contributed by atoms with Gasteiger partial charge in [0.25, 0.3) is 5.91 Å². The van der Waals surface area contributed by atoms with Crippen LogP contribution in [0.15, 0.2) is 36.7 Å². The first-order valence-electron chi connectivity index (χ1n) is 10.9. The van der Waals surface area contributed by atoms with Crippen molar-refractivity contribution in [1.82, 2.24) is 14.8 Å². The molecule has 0 spiro atoms. The van der Waals surface area contributed by atoms with Gasteiger partial charge in [0.15, 0.2) is 0 Å². The molecule has 4 rings (SSSR count). The zero-order valence-electron chi connectivity index (χ0n) is 18.7. The van der Waals surface area contributed by atoms with Gasteiger partial charge in [0, 0.05) is 36.1 Å². The molecule has 0 unspecified atom stereocenters. The number of nitrogens with two attached hydrogens (primary N) is 1. The number of amides is 1. The van der Waals surface area contributed by atoms with E-state index >= 15 is 0 Å². The molecule has 0 saturated heterocycles. The Kier molecular flexibility index (Phi) is 6.30. The number of nitrogens with zero attached hydrogens (tertiary/aromatic N) is 3. The molecule has 168 valence electrons. The second-order valence-electron chi connectivity index (χ2n) is 8.19. The summed E-state index contributed by atoms with van der Waals surface area (Å²) < 4.78 is 13.5. The number of carbonyl (C=O) groups excluding carboxylic acids is 1. The SMILES string of the molecule is COc1cc(Nc2cc(C)c(C(N)=O)c(OC3CCCCC3)n2)ccc1-c1cnn(C)c1. The fourth-order valence-electron chi connectivity index (χ4n) is 4.15. The highest BCUT2D eigenvalue weighted by atomic mass is 16.5. The molecule has 32 heavy (non-hydrogen) atoms. The predicted octanol–water partition coefficient (Wildman–Crippen LogP) is 4.35. The van der Waals surface area contributed by atoms with Crippen molar-refractivity contribution in [2.24, 2.45) is 12.8 Å². The quantitative estimate of drug-likeness (QED) is 0.572. The van der Waals surface area contributed by atoms with Gasteiger partial charge >= 0.3 is 0 Å². The van der Waals surface area contributed by atoms with Gasteiger partial charge < -0.3 is 20.5 Å². The van der Waals surface area contributed by atoms with Gasteiger partial charge in [-0.15, -0.1) is 0 Å². The summed E-state index contributed by atoms with van der Waals surface area (Å²) in [5.41, 5.74) is 9.41. The maximum absolute atomic E-state index is 12.1. The molecule has 1 amide bonds. The smallest absolute Gasteiger partial charge is 0.254 e. The van der Waals surface area contributed by atoms with E-state index in [0.717, 1.165) is 48.1 Å². The first-order chi connectivity index (χ1) is 15.4. The molecule has 0 radical (unpaired) electrons. The van der Waals surface area contributed by atoms with Gasteiger partial charge in [0.05, 0.1) is 13.3 Å². The number of hydrogen-bond donors (Lipinski definition) is 2. The lowest BCUT2D eigenvalue weighted by Gasteiger charge is -2.24. The van der Waals surface area contributed by atoms with Crippen molar-refractivity contribution >= 4 is 17.4 Å². The molecular formula is C24H29N5O3. The van der Waals surface area contributed by atoms with Crippen molar-refractivity contribution in [3.05, 3.63) is 47.8 Å². The second-order valence-corrected chi connectivity index (χ2v) is 8.19. The molecule has 3 aromatic rings. The summed E-state index contributed by atoms with van der Waals surface area (Å²) in [6.07, 6.45) is 9.18. The highest BCUT2D eigenvalue weighted by molar-refractivity contribution is 5.97. The summed E-state index contributed by atoms with van der Waals surface area (Å²) in [4.78, 5) is 16.7. The molecule has 2 heterocycles. The van der Waals surface area contributed by atoms with Crippen molar-refractivity contribution in [2.45, 2.75) is 45.1 Å². The molecule has 8 heteroatoms. The fraction of sp³-hybridized carbons (Fsp3) is 0.375. The molecule has 2 aromatic heterocycles. The van der Waals surface area contributed by atoms with Gasteiger partial charge in [-0.25, -0.2) is 0 Å². The highest BCUT2D eigenvalue weighted by Gasteiger charge is 2.22. The third-order valence-corrected chi connectivity index (χ3v) is 5.75. The lowest BCUT2D eigenvalue weighted by atomic mass is 9.98. The maximum atomic E-state index is 12.1. The minimum Gasteiger partial charge on any atom is -0.496 e. The fourth-order valence-corrected chi connectivity index (χ4v) is 4.15. The molecule has 1 saturated carbocycles. The van der Waals surface area contributed by atoms with Crippen molar-refractivity contribution in [3.8, 4) is 22.8 Å². The normalized spacial score (nSPS) is 14.2. The monoisotopic (exact) mass is 435 g/mol. The zero-order valence-corrected chi connectivity index (χ0v) is 18.7. The minimum atomic E-state index is -0.533. The number of anilines is 2. The Morgan fingerprint density at radius 3 is 2.66 bits per heavy atom. The standard InChI is InChI=1S/C24H29N5O3/c1-15-11-21(28-24(22(15)23(25)30)32-18-7-5-4-6-8-18)27-17-9-10-19(20(12-17)31-3)16-13-26-29(2)14-16/h9-14,18H,4-8H2,1-3H3,(H2,25,30)(H,27,28). The number of benzene rings is 1. The van der Waals surface area contributed by atoms with Gasteiger partial charge in [-0.1, -0.05) is 6.42 Å². The van der Waals surface area contributed by atoms with Crippen LogP contribution in [-0.2, 0) is 7.05 Å². The van der Waals surface area contributed by atoms with E-state index in [2.05, 4.69) is 15.4 Å². The minimum absolute atomic E-state index is 0.0582. The largest absolute Gasteiger partial charge is 0.496 e. The van der Waals surface area contributed by atoms with E-state index in [4.69, 9.17) is 15.2 Å². The lowest BCUT2D eigenvalue weighted by Crippen LogP contribution is -2.23. The zero-order chi connectivity index (χ0) is 22.7. The Hall–Kier alpha value is -3.55. The van der Waals surface area contributed by atoms with Crippen LogP contribution < -0.4 is 20.5 Å². The van der Waals surface area contributed by atoms with Gasteiger partial charge in [0.1, 0.15) is 23.2 Å². The number of primary amides is 1. The third kappa shape index (κ3) is 4.69. The summed E-state index contributed by atoms with van der Waals surface area (Å²) in [6, 6.07) is 7.63. The average Bonchev–Trinajstić information content (AvgIpc) is 3.20. The Bertz CT molecular complexity index is 1120. The highest BCUT2D eigenvalue weighted by Crippen LogP contribution is 2.34. The van der Waals surface area contributed by atoms with E-state index in [-0.39, 0.29) is 6.10 Å². The predicted molar refractivity (Wildman–Crippen MR) is 123 cm³/mol. The van der Waals surface area contributed by atoms with E-state index in [1.54, 1.807) is 24.1 Å². The van der Waals surface area contributed by atoms with Crippen molar-refractivity contribution < 1.29 is 14.3 Å². The second kappa shape index (κ2) is 9.30. The first-order valence-corrected chi connectivity index (χ1v) is 10.9. The van der Waals surface area contributed by atoms with Crippen molar-refractivity contribution in [1.29, 1.82) is 0 Å². The Balaban J connectivity index is 1.62. The van der Waals surface area contributed by atoms with E-state index < -0.39 is 5.91 Å². The molecular weight excluding hydrogens is 406 g/mol. The molecule has 1 fully saturated rings. The van der Waals surface area contributed by atoms with E-state index in [9.17, 15) is 4.79 Å². The lowest BCUT2D eigenvalue weighted by molar-refractivity contribution is 0.0984. The number of rotatable bonds is 7. The first kappa shape index (κ1) is 21.7. The summed E-state index contributed by atoms with van der Waals surface area (Å²) in [7, 11) is 3.52. The van der Waals surface area contributed by atoms with Crippen molar-refractivity contribution in [2.75, 3.05) is 12.4 Å². The van der Waals surface area contributed by atoms with Crippen LogP contribution in [0.3, 0.4) is 0 Å². The molecule has 8 nitrogen and oxygen atoms in total. The number of ether oxygens (including phenoxy) is 2. The van der Waals surface area contributed by atoms with Crippen LogP contribution in [0.5, 0.6) is 11.6 Å². The molecule has 1 aliphatic rings. The topological polar surface area (TPSA) is 104 Å². The number of aromatic nitrogens is 3. The number of aryl methyl sites for hydroxylation is 2. The van der Waals surface area contributed by atoms with Crippen LogP contribution in [-0.4, -0.2) is 33.9 Å². The number of pyridine rings is 1.